The van der Waals surface area contributed by atoms with Crippen LogP contribution >= 0.6 is 0 Å². The third kappa shape index (κ3) is 3.29. The summed E-state index contributed by atoms with van der Waals surface area (Å²) in [4.78, 5) is 14.8. The number of aliphatic hydroxyl groups is 4. The molecule has 6 atom stereocenters. The van der Waals surface area contributed by atoms with Gasteiger partial charge in [0.05, 0.1) is 31.5 Å². The molecule has 130 valence electrons. The molecule has 1 aliphatic heterocycles. The maximum Gasteiger partial charge on any atom is 0.220 e. The topological polar surface area (TPSA) is 203 Å². The number of hydrogen-bond acceptors (Lipinski definition) is 9. The summed E-state index contributed by atoms with van der Waals surface area (Å²) in [5.74, 6) is -0.731. The molecular weight excluding hydrogens is 310 g/mol. The highest BCUT2D eigenvalue weighted by Gasteiger charge is 2.44. The van der Waals surface area contributed by atoms with E-state index in [4.69, 9.17) is 27.0 Å². The van der Waals surface area contributed by atoms with Crippen LogP contribution in [0.3, 0.4) is 0 Å². The highest BCUT2D eigenvalue weighted by atomic mass is 16.6. The van der Waals surface area contributed by atoms with Crippen LogP contribution in [0, 0.1) is 0 Å². The molecule has 11 heteroatoms. The van der Waals surface area contributed by atoms with E-state index in [0.29, 0.717) is 0 Å². The number of rotatable bonds is 6. The fourth-order valence-electron chi connectivity index (χ4n) is 2.47. The lowest BCUT2D eigenvalue weighted by atomic mass is 10.1. The molecule has 1 saturated heterocycles. The largest absolute Gasteiger partial charge is 0.394 e. The van der Waals surface area contributed by atoms with E-state index in [1.165, 1.54) is 10.9 Å². The number of aromatic nitrogens is 2. The van der Waals surface area contributed by atoms with E-state index in [0.717, 1.165) is 0 Å². The van der Waals surface area contributed by atoms with Crippen molar-refractivity contribution in [2.24, 2.45) is 11.5 Å². The Morgan fingerprint density at radius 2 is 2.09 bits per heavy atom. The number of hydrogen-bond donors (Lipinski definition) is 7. The Morgan fingerprint density at radius 1 is 1.43 bits per heavy atom. The molecule has 0 saturated carbocycles. The minimum absolute atomic E-state index is 0.00383. The first kappa shape index (κ1) is 17.6. The number of carbonyl (C=O) groups is 1. The number of nitrogen functional groups attached to an aromatic ring is 1. The van der Waals surface area contributed by atoms with Crippen molar-refractivity contribution in [2.75, 3.05) is 12.3 Å². The maximum absolute atomic E-state index is 10.8. The molecule has 0 radical (unpaired) electrons. The Labute approximate surface area is 131 Å². The molecule has 23 heavy (non-hydrogen) atoms. The molecule has 1 aromatic rings. The second-order valence-electron chi connectivity index (χ2n) is 5.41. The first-order valence-corrected chi connectivity index (χ1v) is 6.94. The number of carbonyl (C=O) groups excluding carboxylic acids is 1. The van der Waals surface area contributed by atoms with Crippen molar-refractivity contribution in [1.82, 2.24) is 9.55 Å². The molecule has 2 rings (SSSR count). The van der Waals surface area contributed by atoms with Gasteiger partial charge in [0, 0.05) is 0 Å². The van der Waals surface area contributed by atoms with Gasteiger partial charge in [0.25, 0.3) is 0 Å². The third-order valence-electron chi connectivity index (χ3n) is 3.79. The lowest BCUT2D eigenvalue weighted by molar-refractivity contribution is -0.120. The summed E-state index contributed by atoms with van der Waals surface area (Å²) in [7, 11) is 0. The monoisotopic (exact) mass is 331 g/mol. The zero-order valence-corrected chi connectivity index (χ0v) is 12.2. The summed E-state index contributed by atoms with van der Waals surface area (Å²) in [5, 5.41) is 38.7. The van der Waals surface area contributed by atoms with Gasteiger partial charge in [-0.2, -0.15) is 0 Å². The molecule has 0 aliphatic carbocycles. The molecular formula is C12H21N5O6. The Morgan fingerprint density at radius 3 is 2.61 bits per heavy atom. The average molecular weight is 331 g/mol. The summed E-state index contributed by atoms with van der Waals surface area (Å²) in [6, 6.07) is -1.07. The molecule has 2 unspecified atom stereocenters. The number of nitrogens with two attached hydrogens (primary N) is 3. The number of amides is 1. The normalized spacial score (nSPS) is 30.3. The van der Waals surface area contributed by atoms with Crippen molar-refractivity contribution in [1.29, 1.82) is 0 Å². The molecule has 1 aliphatic rings. The van der Waals surface area contributed by atoms with Crippen LogP contribution in [0.2, 0.25) is 0 Å². The fourth-order valence-corrected chi connectivity index (χ4v) is 2.47. The number of ether oxygens (including phenoxy) is 1. The van der Waals surface area contributed by atoms with Gasteiger partial charge in [-0.05, 0) is 0 Å². The van der Waals surface area contributed by atoms with Gasteiger partial charge in [0.15, 0.2) is 6.23 Å². The van der Waals surface area contributed by atoms with Crippen molar-refractivity contribution in [3.8, 4) is 0 Å². The Kier molecular flexibility index (Phi) is 5.19. The summed E-state index contributed by atoms with van der Waals surface area (Å²) < 4.78 is 6.57. The standard InChI is InChI=1S/C12H21N5O6/c13-6(20)1-4(19)7(14)8-11(15)17(3-16-8)12-10(22)9(21)5(2-18)23-12/h3-5,7,9-10,12,18-19,21-22H,1-2,14-15H2,(H2,13,20)/t4?,5-,7?,9-,10-,12-/m1/s1. The minimum atomic E-state index is -1.33. The number of primary amides is 1. The van der Waals surface area contributed by atoms with Crippen molar-refractivity contribution in [3.05, 3.63) is 12.0 Å². The number of nitrogens with zero attached hydrogens (tertiary/aromatic N) is 2. The summed E-state index contributed by atoms with van der Waals surface area (Å²) in [6.45, 7) is -0.479. The van der Waals surface area contributed by atoms with Gasteiger partial charge in [0.1, 0.15) is 29.8 Å². The van der Waals surface area contributed by atoms with Gasteiger partial charge in [-0.25, -0.2) is 4.98 Å². The van der Waals surface area contributed by atoms with Crippen LogP contribution in [0.15, 0.2) is 6.33 Å². The molecule has 1 aromatic heterocycles. The molecule has 1 amide bonds. The highest BCUT2D eigenvalue weighted by Crippen LogP contribution is 2.33. The SMILES string of the molecule is NC(=O)CC(O)C(N)c1ncn([C@@H]2O[C@H](CO)[C@@H](O)[C@H]2O)c1N. The van der Waals surface area contributed by atoms with Crippen molar-refractivity contribution >= 4 is 11.7 Å². The zero-order valence-electron chi connectivity index (χ0n) is 12.2. The molecule has 0 spiro atoms. The molecule has 0 bridgehead atoms. The lowest BCUT2D eigenvalue weighted by Gasteiger charge is -2.19. The van der Waals surface area contributed by atoms with Crippen LogP contribution < -0.4 is 17.2 Å². The number of imidazole rings is 1. The average Bonchev–Trinajstić information content (AvgIpc) is 2.99. The fraction of sp³-hybridized carbons (Fsp3) is 0.667. The van der Waals surface area contributed by atoms with E-state index in [9.17, 15) is 20.1 Å². The lowest BCUT2D eigenvalue weighted by Crippen LogP contribution is -2.33. The van der Waals surface area contributed by atoms with Crippen LogP contribution in [0.25, 0.3) is 0 Å². The van der Waals surface area contributed by atoms with Crippen LogP contribution in [0.1, 0.15) is 24.4 Å². The van der Waals surface area contributed by atoms with E-state index in [-0.39, 0.29) is 17.9 Å². The third-order valence-corrected chi connectivity index (χ3v) is 3.79. The van der Waals surface area contributed by atoms with Gasteiger partial charge in [-0.3, -0.25) is 9.36 Å². The molecule has 1 fully saturated rings. The predicted octanol–water partition coefficient (Wildman–Crippen LogP) is -3.69. The van der Waals surface area contributed by atoms with Crippen molar-refractivity contribution < 1.29 is 30.0 Å². The van der Waals surface area contributed by atoms with Gasteiger partial charge in [-0.1, -0.05) is 0 Å². The minimum Gasteiger partial charge on any atom is -0.394 e. The van der Waals surface area contributed by atoms with E-state index < -0.39 is 49.2 Å². The van der Waals surface area contributed by atoms with E-state index in [1.54, 1.807) is 0 Å². The van der Waals surface area contributed by atoms with E-state index in [1.807, 2.05) is 0 Å². The molecule has 10 N–H and O–H groups in total. The highest BCUT2D eigenvalue weighted by molar-refractivity contribution is 5.74. The van der Waals surface area contributed by atoms with Crippen LogP contribution in [0.4, 0.5) is 5.82 Å². The van der Waals surface area contributed by atoms with E-state index in [2.05, 4.69) is 4.98 Å². The van der Waals surface area contributed by atoms with Gasteiger partial charge in [0.2, 0.25) is 5.91 Å². The number of anilines is 1. The van der Waals surface area contributed by atoms with Gasteiger partial charge >= 0.3 is 0 Å². The second kappa shape index (κ2) is 6.78. The molecule has 0 aromatic carbocycles. The molecule has 2 heterocycles. The first-order valence-electron chi connectivity index (χ1n) is 6.94. The van der Waals surface area contributed by atoms with Crippen molar-refractivity contribution in [3.63, 3.8) is 0 Å². The maximum atomic E-state index is 10.8. The summed E-state index contributed by atoms with van der Waals surface area (Å²) in [6.07, 6.45) is -5.06. The van der Waals surface area contributed by atoms with Crippen LogP contribution in [-0.2, 0) is 9.53 Å². The van der Waals surface area contributed by atoms with Crippen molar-refractivity contribution in [2.45, 2.75) is 43.1 Å². The first-order chi connectivity index (χ1) is 10.8. The quantitative estimate of drug-likeness (QED) is 0.274. The van der Waals surface area contributed by atoms with Crippen LogP contribution in [-0.4, -0.2) is 66.9 Å². The molecule has 11 nitrogen and oxygen atoms in total. The Balaban J connectivity index is 2.21. The smallest absolute Gasteiger partial charge is 0.220 e. The Hall–Kier alpha value is -1.76. The van der Waals surface area contributed by atoms with Gasteiger partial charge in [-0.15, -0.1) is 0 Å². The Bertz CT molecular complexity index is 566. The summed E-state index contributed by atoms with van der Waals surface area (Å²) in [5.41, 5.74) is 16.8. The van der Waals surface area contributed by atoms with E-state index >= 15 is 0 Å². The zero-order chi connectivity index (χ0) is 17.3. The van der Waals surface area contributed by atoms with Crippen LogP contribution in [0.5, 0.6) is 0 Å². The summed E-state index contributed by atoms with van der Waals surface area (Å²) >= 11 is 0. The predicted molar refractivity (Wildman–Crippen MR) is 76.4 cm³/mol. The number of aliphatic hydroxyl groups excluding tert-OH is 4. The second-order valence-corrected chi connectivity index (χ2v) is 5.41. The van der Waals surface area contributed by atoms with Gasteiger partial charge < -0.3 is 42.4 Å².